The summed E-state index contributed by atoms with van der Waals surface area (Å²) in [6.07, 6.45) is 0.756. The van der Waals surface area contributed by atoms with Crippen molar-refractivity contribution in [2.75, 3.05) is 5.88 Å². The van der Waals surface area contributed by atoms with Crippen LogP contribution in [0.5, 0.6) is 0 Å². The quantitative estimate of drug-likeness (QED) is 0.759. The Morgan fingerprint density at radius 3 is 2.87 bits per heavy atom. The number of carbonyl (C=O) groups is 1. The molecule has 5 heteroatoms. The van der Waals surface area contributed by atoms with Crippen LogP contribution in [0.1, 0.15) is 23.8 Å². The van der Waals surface area contributed by atoms with E-state index in [0.717, 1.165) is 6.42 Å². The number of carbonyl (C=O) groups excluding carboxylic acids is 1. The Balaban J connectivity index is 2.73. The van der Waals surface area contributed by atoms with Gasteiger partial charge in [-0.05, 0) is 12.5 Å². The minimum absolute atomic E-state index is 0.0668. The van der Waals surface area contributed by atoms with Gasteiger partial charge in [0.05, 0.1) is 0 Å². The van der Waals surface area contributed by atoms with Crippen LogP contribution in [-0.4, -0.2) is 22.8 Å². The topological polar surface area (TPSA) is 62.0 Å². The normalized spacial score (nSPS) is 12.1. The molecule has 0 saturated heterocycles. The number of aromatic nitrogens is 1. The highest BCUT2D eigenvalue weighted by Gasteiger charge is 2.11. The van der Waals surface area contributed by atoms with Crippen LogP contribution in [0.3, 0.4) is 0 Å². The molecule has 0 fully saturated rings. The molecule has 0 radical (unpaired) electrons. The summed E-state index contributed by atoms with van der Waals surface area (Å²) in [5, 5.41) is 2.72. The first-order valence-electron chi connectivity index (χ1n) is 4.73. The van der Waals surface area contributed by atoms with Gasteiger partial charge in [0, 0.05) is 18.0 Å². The largest absolute Gasteiger partial charge is 0.347 e. The Hall–Kier alpha value is -1.29. The van der Waals surface area contributed by atoms with Crippen LogP contribution >= 0.6 is 11.6 Å². The molecule has 0 aliphatic rings. The zero-order valence-electron chi connectivity index (χ0n) is 8.42. The summed E-state index contributed by atoms with van der Waals surface area (Å²) in [4.78, 5) is 25.0. The van der Waals surface area contributed by atoms with E-state index in [4.69, 9.17) is 11.6 Å². The summed E-state index contributed by atoms with van der Waals surface area (Å²) in [5.74, 6) is 0.0551. The SMILES string of the molecule is CCC(CCl)NC(=O)c1cccc(=O)[nH]1. The van der Waals surface area contributed by atoms with Crippen LogP contribution in [0.25, 0.3) is 0 Å². The Bertz CT molecular complexity index is 385. The number of hydrogen-bond donors (Lipinski definition) is 2. The lowest BCUT2D eigenvalue weighted by molar-refractivity contribution is 0.0934. The Labute approximate surface area is 92.7 Å². The number of rotatable bonds is 4. The van der Waals surface area contributed by atoms with Crippen molar-refractivity contribution >= 4 is 17.5 Å². The number of hydrogen-bond acceptors (Lipinski definition) is 2. The predicted molar refractivity (Wildman–Crippen MR) is 59.3 cm³/mol. The molecule has 1 atom stereocenters. The molecule has 1 rings (SSSR count). The lowest BCUT2D eigenvalue weighted by Crippen LogP contribution is -2.36. The number of halogens is 1. The molecule has 0 aliphatic heterocycles. The Morgan fingerprint density at radius 1 is 1.60 bits per heavy atom. The van der Waals surface area contributed by atoms with Crippen molar-refractivity contribution in [3.05, 3.63) is 34.2 Å². The highest BCUT2D eigenvalue weighted by atomic mass is 35.5. The molecule has 0 spiro atoms. The van der Waals surface area contributed by atoms with Gasteiger partial charge < -0.3 is 10.3 Å². The van der Waals surface area contributed by atoms with E-state index in [0.29, 0.717) is 5.88 Å². The number of alkyl halides is 1. The van der Waals surface area contributed by atoms with Crippen molar-refractivity contribution in [3.8, 4) is 0 Å². The number of amides is 1. The summed E-state index contributed by atoms with van der Waals surface area (Å²) >= 11 is 5.64. The second-order valence-electron chi connectivity index (χ2n) is 3.16. The van der Waals surface area contributed by atoms with Gasteiger partial charge in [0.25, 0.3) is 5.91 Å². The lowest BCUT2D eigenvalue weighted by Gasteiger charge is -2.13. The summed E-state index contributed by atoms with van der Waals surface area (Å²) < 4.78 is 0. The molecule has 0 bridgehead atoms. The Kier molecular flexibility index (Phi) is 4.37. The molecule has 0 aromatic carbocycles. The van der Waals surface area contributed by atoms with Crippen LogP contribution < -0.4 is 10.9 Å². The van der Waals surface area contributed by atoms with Crippen molar-refractivity contribution in [2.45, 2.75) is 19.4 Å². The minimum atomic E-state index is -0.305. The van der Waals surface area contributed by atoms with Gasteiger partial charge in [0.2, 0.25) is 5.56 Å². The number of aromatic amines is 1. The van der Waals surface area contributed by atoms with E-state index in [1.807, 2.05) is 6.92 Å². The van der Waals surface area contributed by atoms with E-state index in [1.165, 1.54) is 12.1 Å². The second kappa shape index (κ2) is 5.56. The summed E-state index contributed by atoms with van der Waals surface area (Å²) in [7, 11) is 0. The van der Waals surface area contributed by atoms with Crippen molar-refractivity contribution in [1.82, 2.24) is 10.3 Å². The lowest BCUT2D eigenvalue weighted by atomic mass is 10.2. The van der Waals surface area contributed by atoms with Crippen LogP contribution in [0, 0.1) is 0 Å². The molecular formula is C10H13ClN2O2. The molecule has 1 heterocycles. The second-order valence-corrected chi connectivity index (χ2v) is 3.47. The third kappa shape index (κ3) is 3.40. The third-order valence-electron chi connectivity index (χ3n) is 2.03. The standard InChI is InChI=1S/C10H13ClN2O2/c1-2-7(6-11)12-10(15)8-4-3-5-9(14)13-8/h3-5,7H,2,6H2,1H3,(H,12,15)(H,13,14). The zero-order chi connectivity index (χ0) is 11.3. The van der Waals surface area contributed by atoms with Gasteiger partial charge in [0.1, 0.15) is 5.69 Å². The zero-order valence-corrected chi connectivity index (χ0v) is 9.17. The maximum atomic E-state index is 11.6. The van der Waals surface area contributed by atoms with Gasteiger partial charge in [-0.25, -0.2) is 0 Å². The van der Waals surface area contributed by atoms with Gasteiger partial charge in [-0.3, -0.25) is 9.59 Å². The van der Waals surface area contributed by atoms with Crippen molar-refractivity contribution < 1.29 is 4.79 Å². The highest BCUT2D eigenvalue weighted by Crippen LogP contribution is 1.97. The molecule has 1 aromatic rings. The predicted octanol–water partition coefficient (Wildman–Crippen LogP) is 1.12. The minimum Gasteiger partial charge on any atom is -0.347 e. The number of H-pyrrole nitrogens is 1. The van der Waals surface area contributed by atoms with E-state index in [9.17, 15) is 9.59 Å². The van der Waals surface area contributed by atoms with Gasteiger partial charge in [-0.15, -0.1) is 11.6 Å². The molecule has 2 N–H and O–H groups in total. The van der Waals surface area contributed by atoms with E-state index in [-0.39, 0.29) is 23.2 Å². The number of pyridine rings is 1. The molecular weight excluding hydrogens is 216 g/mol. The summed E-state index contributed by atoms with van der Waals surface area (Å²) in [6.45, 7) is 1.93. The molecule has 82 valence electrons. The molecule has 0 saturated carbocycles. The van der Waals surface area contributed by atoms with Crippen molar-refractivity contribution in [2.24, 2.45) is 0 Å². The fourth-order valence-corrected chi connectivity index (χ4v) is 1.39. The summed E-state index contributed by atoms with van der Waals surface area (Å²) in [5.41, 5.74) is -0.0346. The van der Waals surface area contributed by atoms with E-state index >= 15 is 0 Å². The first-order valence-corrected chi connectivity index (χ1v) is 5.27. The maximum absolute atomic E-state index is 11.6. The van der Waals surface area contributed by atoms with Gasteiger partial charge in [0.15, 0.2) is 0 Å². The van der Waals surface area contributed by atoms with Crippen molar-refractivity contribution in [1.29, 1.82) is 0 Å². The first-order chi connectivity index (χ1) is 7.17. The summed E-state index contributed by atoms with van der Waals surface area (Å²) in [6, 6.07) is 4.38. The molecule has 4 nitrogen and oxygen atoms in total. The molecule has 1 amide bonds. The first kappa shape index (κ1) is 11.8. The smallest absolute Gasteiger partial charge is 0.268 e. The van der Waals surface area contributed by atoms with Crippen LogP contribution in [0.15, 0.2) is 23.0 Å². The van der Waals surface area contributed by atoms with Crippen LogP contribution in [-0.2, 0) is 0 Å². The van der Waals surface area contributed by atoms with E-state index in [1.54, 1.807) is 6.07 Å². The maximum Gasteiger partial charge on any atom is 0.268 e. The van der Waals surface area contributed by atoms with Crippen LogP contribution in [0.4, 0.5) is 0 Å². The highest BCUT2D eigenvalue weighted by molar-refractivity contribution is 6.18. The average Bonchev–Trinajstić information content (AvgIpc) is 2.25. The van der Waals surface area contributed by atoms with Gasteiger partial charge in [-0.2, -0.15) is 0 Å². The van der Waals surface area contributed by atoms with Gasteiger partial charge >= 0.3 is 0 Å². The molecule has 1 unspecified atom stereocenters. The fourth-order valence-electron chi connectivity index (χ4n) is 1.09. The fraction of sp³-hybridized carbons (Fsp3) is 0.400. The van der Waals surface area contributed by atoms with Gasteiger partial charge in [-0.1, -0.05) is 13.0 Å². The molecule has 1 aromatic heterocycles. The van der Waals surface area contributed by atoms with Crippen molar-refractivity contribution in [3.63, 3.8) is 0 Å². The van der Waals surface area contributed by atoms with E-state index < -0.39 is 0 Å². The monoisotopic (exact) mass is 228 g/mol. The van der Waals surface area contributed by atoms with E-state index in [2.05, 4.69) is 10.3 Å². The third-order valence-corrected chi connectivity index (χ3v) is 2.40. The van der Waals surface area contributed by atoms with Crippen LogP contribution in [0.2, 0.25) is 0 Å². The molecule has 0 aliphatic carbocycles. The number of nitrogens with one attached hydrogen (secondary N) is 2. The Morgan fingerprint density at radius 2 is 2.33 bits per heavy atom. The molecule has 15 heavy (non-hydrogen) atoms. The average molecular weight is 229 g/mol.